The Labute approximate surface area is 120 Å². The minimum Gasteiger partial charge on any atom is -0.468 e. The van der Waals surface area contributed by atoms with Gasteiger partial charge in [0.1, 0.15) is 19.6 Å². The van der Waals surface area contributed by atoms with E-state index in [1.165, 1.54) is 30.9 Å². The van der Waals surface area contributed by atoms with E-state index in [2.05, 4.69) is 9.47 Å². The summed E-state index contributed by atoms with van der Waals surface area (Å²) in [7, 11) is 2.37. The van der Waals surface area contributed by atoms with E-state index in [-0.39, 0.29) is 25.5 Å². The molecule has 20 heavy (non-hydrogen) atoms. The number of amides is 2. The Morgan fingerprint density at radius 2 is 1.75 bits per heavy atom. The summed E-state index contributed by atoms with van der Waals surface area (Å²) < 4.78 is 8.94. The zero-order chi connectivity index (χ0) is 15.1. The maximum Gasteiger partial charge on any atom is 0.325 e. The Balaban J connectivity index is 2.64. The van der Waals surface area contributed by atoms with E-state index in [1.807, 2.05) is 0 Å². The third kappa shape index (κ3) is 4.72. The molecule has 0 aromatic carbocycles. The lowest BCUT2D eigenvalue weighted by molar-refractivity contribution is -0.152. The fraction of sp³-hybridized carbons (Fsp3) is 0.636. The van der Waals surface area contributed by atoms with Crippen LogP contribution in [0.1, 0.15) is 0 Å². The molecule has 0 radical (unpaired) electrons. The quantitative estimate of drug-likeness (QED) is 0.563. The SMILES string of the molecule is COC(=O)CN(CC(=O)OC)C(=O)CN1CSCC1=O. The number of thioether (sulfide) groups is 1. The highest BCUT2D eigenvalue weighted by molar-refractivity contribution is 8.00. The normalized spacial score (nSPS) is 14.1. The van der Waals surface area contributed by atoms with E-state index >= 15 is 0 Å². The minimum atomic E-state index is -0.649. The number of hydrogen-bond donors (Lipinski definition) is 0. The lowest BCUT2D eigenvalue weighted by atomic mass is 10.4. The third-order valence-corrected chi connectivity index (χ3v) is 3.54. The second-order valence-electron chi connectivity index (χ2n) is 3.97. The second kappa shape index (κ2) is 7.73. The number of methoxy groups -OCH3 is 2. The first kappa shape index (κ1) is 16.3. The fourth-order valence-electron chi connectivity index (χ4n) is 1.48. The van der Waals surface area contributed by atoms with Crippen LogP contribution in [0.15, 0.2) is 0 Å². The molecule has 1 fully saturated rings. The predicted octanol–water partition coefficient (Wildman–Crippen LogP) is -1.31. The highest BCUT2D eigenvalue weighted by Crippen LogP contribution is 2.14. The molecule has 0 bridgehead atoms. The van der Waals surface area contributed by atoms with Gasteiger partial charge < -0.3 is 19.3 Å². The van der Waals surface area contributed by atoms with E-state index in [9.17, 15) is 19.2 Å². The van der Waals surface area contributed by atoms with Crippen LogP contribution in [0.2, 0.25) is 0 Å². The molecular formula is C11H16N2O6S. The maximum absolute atomic E-state index is 12.1. The van der Waals surface area contributed by atoms with Crippen molar-refractivity contribution in [3.8, 4) is 0 Å². The lowest BCUT2D eigenvalue weighted by Gasteiger charge is -2.23. The fourth-order valence-corrected chi connectivity index (χ4v) is 2.38. The number of nitrogens with zero attached hydrogens (tertiary/aromatic N) is 2. The van der Waals surface area contributed by atoms with Crippen molar-refractivity contribution in [1.82, 2.24) is 9.80 Å². The maximum atomic E-state index is 12.1. The largest absolute Gasteiger partial charge is 0.468 e. The van der Waals surface area contributed by atoms with Gasteiger partial charge in [0, 0.05) is 0 Å². The van der Waals surface area contributed by atoms with Crippen molar-refractivity contribution in [3.63, 3.8) is 0 Å². The summed E-state index contributed by atoms with van der Waals surface area (Å²) >= 11 is 1.40. The highest BCUT2D eigenvalue weighted by Gasteiger charge is 2.27. The van der Waals surface area contributed by atoms with Gasteiger partial charge in [0.15, 0.2) is 0 Å². The van der Waals surface area contributed by atoms with Gasteiger partial charge in [-0.1, -0.05) is 0 Å². The summed E-state index contributed by atoms with van der Waals surface area (Å²) in [4.78, 5) is 48.4. The van der Waals surface area contributed by atoms with Gasteiger partial charge in [0.05, 0.1) is 25.8 Å². The molecule has 0 aliphatic carbocycles. The zero-order valence-corrected chi connectivity index (χ0v) is 12.1. The highest BCUT2D eigenvalue weighted by atomic mass is 32.2. The average molecular weight is 304 g/mol. The minimum absolute atomic E-state index is 0.139. The number of rotatable bonds is 6. The molecule has 0 atom stereocenters. The molecule has 0 aromatic heterocycles. The Hall–Kier alpha value is -1.77. The smallest absolute Gasteiger partial charge is 0.325 e. The van der Waals surface area contributed by atoms with Gasteiger partial charge in [0.25, 0.3) is 0 Å². The molecule has 2 amide bonds. The predicted molar refractivity (Wildman–Crippen MR) is 69.7 cm³/mol. The first-order chi connectivity index (χ1) is 9.47. The molecule has 1 saturated heterocycles. The lowest BCUT2D eigenvalue weighted by Crippen LogP contribution is -2.45. The summed E-state index contributed by atoms with van der Waals surface area (Å²) in [5, 5.41) is 0. The number of carbonyl (C=O) groups is 4. The number of esters is 2. The van der Waals surface area contributed by atoms with E-state index in [0.717, 1.165) is 4.90 Å². The summed E-state index contributed by atoms with van der Waals surface area (Å²) in [5.74, 6) is -1.18. The molecule has 1 aliphatic rings. The molecule has 0 unspecified atom stereocenters. The molecule has 0 saturated carbocycles. The van der Waals surface area contributed by atoms with E-state index in [1.54, 1.807) is 0 Å². The topological polar surface area (TPSA) is 93.2 Å². The van der Waals surface area contributed by atoms with Crippen LogP contribution in [-0.2, 0) is 28.7 Å². The van der Waals surface area contributed by atoms with E-state index < -0.39 is 17.8 Å². The van der Waals surface area contributed by atoms with Gasteiger partial charge >= 0.3 is 11.9 Å². The monoisotopic (exact) mass is 304 g/mol. The van der Waals surface area contributed by atoms with Gasteiger partial charge in [-0.3, -0.25) is 19.2 Å². The Morgan fingerprint density at radius 1 is 1.20 bits per heavy atom. The zero-order valence-electron chi connectivity index (χ0n) is 11.3. The Morgan fingerprint density at radius 3 is 2.15 bits per heavy atom. The molecule has 0 N–H and O–H groups in total. The van der Waals surface area contributed by atoms with Crippen molar-refractivity contribution in [1.29, 1.82) is 0 Å². The summed E-state index contributed by atoms with van der Waals surface area (Å²) in [6.07, 6.45) is 0. The van der Waals surface area contributed by atoms with Crippen LogP contribution in [-0.4, -0.2) is 79.0 Å². The molecular weight excluding hydrogens is 288 g/mol. The molecule has 112 valence electrons. The van der Waals surface area contributed by atoms with Crippen molar-refractivity contribution < 1.29 is 28.7 Å². The van der Waals surface area contributed by atoms with Crippen LogP contribution in [0.25, 0.3) is 0 Å². The van der Waals surface area contributed by atoms with Gasteiger partial charge in [-0.15, -0.1) is 11.8 Å². The first-order valence-electron chi connectivity index (χ1n) is 5.74. The standard InChI is InChI=1S/C11H16N2O6S/c1-18-10(16)4-12(5-11(17)19-2)8(14)3-13-7-20-6-9(13)15/h3-7H2,1-2H3. The number of ether oxygens (including phenoxy) is 2. The van der Waals surface area contributed by atoms with Crippen LogP contribution in [0, 0.1) is 0 Å². The van der Waals surface area contributed by atoms with Crippen molar-refractivity contribution in [2.24, 2.45) is 0 Å². The van der Waals surface area contributed by atoms with E-state index in [0.29, 0.717) is 11.6 Å². The molecule has 0 spiro atoms. The number of carbonyl (C=O) groups excluding carboxylic acids is 4. The van der Waals surface area contributed by atoms with Crippen molar-refractivity contribution in [3.05, 3.63) is 0 Å². The van der Waals surface area contributed by atoms with Gasteiger partial charge in [-0.05, 0) is 0 Å². The molecule has 9 heteroatoms. The van der Waals surface area contributed by atoms with E-state index in [4.69, 9.17) is 0 Å². The van der Waals surface area contributed by atoms with Crippen LogP contribution in [0.3, 0.4) is 0 Å². The van der Waals surface area contributed by atoms with Crippen LogP contribution < -0.4 is 0 Å². The second-order valence-corrected chi connectivity index (χ2v) is 4.93. The van der Waals surface area contributed by atoms with Crippen molar-refractivity contribution in [2.45, 2.75) is 0 Å². The van der Waals surface area contributed by atoms with Crippen molar-refractivity contribution >= 4 is 35.5 Å². The molecule has 1 rings (SSSR count). The number of hydrogen-bond acceptors (Lipinski definition) is 7. The Kier molecular flexibility index (Phi) is 6.29. The Bertz CT molecular complexity index is 396. The third-order valence-electron chi connectivity index (χ3n) is 2.60. The molecule has 1 heterocycles. The van der Waals surface area contributed by atoms with Gasteiger partial charge in [-0.2, -0.15) is 0 Å². The van der Waals surface area contributed by atoms with Crippen LogP contribution in [0.4, 0.5) is 0 Å². The van der Waals surface area contributed by atoms with Gasteiger partial charge in [0.2, 0.25) is 11.8 Å². The van der Waals surface area contributed by atoms with Crippen LogP contribution >= 0.6 is 11.8 Å². The van der Waals surface area contributed by atoms with Gasteiger partial charge in [-0.25, -0.2) is 0 Å². The average Bonchev–Trinajstić information content (AvgIpc) is 2.82. The van der Waals surface area contributed by atoms with Crippen molar-refractivity contribution in [2.75, 3.05) is 45.5 Å². The summed E-state index contributed by atoms with van der Waals surface area (Å²) in [6, 6.07) is 0. The first-order valence-corrected chi connectivity index (χ1v) is 6.90. The molecule has 8 nitrogen and oxygen atoms in total. The molecule has 0 aromatic rings. The summed E-state index contributed by atoms with van der Waals surface area (Å²) in [6.45, 7) is -0.890. The molecule has 1 aliphatic heterocycles. The summed E-state index contributed by atoms with van der Waals surface area (Å²) in [5.41, 5.74) is 0. The van der Waals surface area contributed by atoms with Crippen LogP contribution in [0.5, 0.6) is 0 Å².